The summed E-state index contributed by atoms with van der Waals surface area (Å²) in [4.78, 5) is 14.1. The van der Waals surface area contributed by atoms with E-state index in [0.29, 0.717) is 24.6 Å². The van der Waals surface area contributed by atoms with Gasteiger partial charge in [-0.2, -0.15) is 0 Å². The van der Waals surface area contributed by atoms with Gasteiger partial charge in [0, 0.05) is 25.3 Å². The summed E-state index contributed by atoms with van der Waals surface area (Å²) in [6.45, 7) is 1.44. The molecule has 7 heteroatoms. The van der Waals surface area contributed by atoms with Gasteiger partial charge in [-0.1, -0.05) is 11.6 Å². The second kappa shape index (κ2) is 7.24. The SMILES string of the molecule is O=C(c1ccc(Cl)c([SH](=O)=O)c1)N1CCC(CCO)CC1. The van der Waals surface area contributed by atoms with Gasteiger partial charge in [-0.15, -0.1) is 0 Å². The van der Waals surface area contributed by atoms with Crippen molar-refractivity contribution in [3.8, 4) is 0 Å². The van der Waals surface area contributed by atoms with Crippen LogP contribution < -0.4 is 0 Å². The molecule has 1 aliphatic rings. The number of nitrogens with zero attached hydrogens (tertiary/aromatic N) is 1. The van der Waals surface area contributed by atoms with Crippen molar-refractivity contribution in [1.82, 2.24) is 4.90 Å². The number of hydrogen-bond donors (Lipinski definition) is 2. The topological polar surface area (TPSA) is 74.7 Å². The number of rotatable bonds is 4. The summed E-state index contributed by atoms with van der Waals surface area (Å²) in [5, 5.41) is 9.06. The molecule has 0 radical (unpaired) electrons. The molecule has 1 N–H and O–H groups in total. The summed E-state index contributed by atoms with van der Waals surface area (Å²) in [6, 6.07) is 4.32. The average Bonchev–Trinajstić information content (AvgIpc) is 2.48. The first-order chi connectivity index (χ1) is 10.0. The standard InChI is InChI=1S/C14H18ClNO4S/c15-12-2-1-11(9-13(12)21(19)20)14(18)16-6-3-10(4-7-16)5-8-17/h1-2,9-10,17,21H,3-8H2. The van der Waals surface area contributed by atoms with Crippen LogP contribution in [-0.4, -0.2) is 44.0 Å². The van der Waals surface area contributed by atoms with E-state index >= 15 is 0 Å². The lowest BCUT2D eigenvalue weighted by Crippen LogP contribution is -2.38. The Morgan fingerprint density at radius 3 is 2.57 bits per heavy atom. The molecule has 2 rings (SSSR count). The van der Waals surface area contributed by atoms with Crippen molar-refractivity contribution in [2.45, 2.75) is 24.2 Å². The minimum Gasteiger partial charge on any atom is -0.396 e. The van der Waals surface area contributed by atoms with E-state index in [1.807, 2.05) is 0 Å². The van der Waals surface area contributed by atoms with E-state index in [-0.39, 0.29) is 22.4 Å². The smallest absolute Gasteiger partial charge is 0.253 e. The Morgan fingerprint density at radius 1 is 1.33 bits per heavy atom. The van der Waals surface area contributed by atoms with Crippen molar-refractivity contribution in [3.63, 3.8) is 0 Å². The highest BCUT2D eigenvalue weighted by Crippen LogP contribution is 2.23. The highest BCUT2D eigenvalue weighted by molar-refractivity contribution is 7.72. The maximum Gasteiger partial charge on any atom is 0.253 e. The van der Waals surface area contributed by atoms with E-state index in [1.165, 1.54) is 12.1 Å². The van der Waals surface area contributed by atoms with Crippen molar-refractivity contribution in [1.29, 1.82) is 0 Å². The third kappa shape index (κ3) is 3.96. The number of thiol groups is 1. The molecule has 1 aliphatic heterocycles. The van der Waals surface area contributed by atoms with Crippen LogP contribution in [0.1, 0.15) is 29.6 Å². The first kappa shape index (κ1) is 16.3. The lowest BCUT2D eigenvalue weighted by Gasteiger charge is -2.31. The van der Waals surface area contributed by atoms with Crippen LogP contribution in [0.3, 0.4) is 0 Å². The lowest BCUT2D eigenvalue weighted by atomic mass is 9.93. The Kier molecular flexibility index (Phi) is 5.61. The third-order valence-electron chi connectivity index (χ3n) is 3.83. The monoisotopic (exact) mass is 331 g/mol. The molecule has 116 valence electrons. The molecule has 1 aromatic carbocycles. The van der Waals surface area contributed by atoms with Gasteiger partial charge < -0.3 is 10.0 Å². The summed E-state index contributed by atoms with van der Waals surface area (Å²) >= 11 is 5.80. The minimum atomic E-state index is -2.82. The molecule has 0 aliphatic carbocycles. The van der Waals surface area contributed by atoms with E-state index in [0.717, 1.165) is 19.3 Å². The zero-order chi connectivity index (χ0) is 15.4. The summed E-state index contributed by atoms with van der Waals surface area (Å²) in [5.74, 6) is 0.281. The summed E-state index contributed by atoms with van der Waals surface area (Å²) < 4.78 is 22.2. The van der Waals surface area contributed by atoms with E-state index < -0.39 is 10.7 Å². The average molecular weight is 332 g/mol. The molecular formula is C14H18ClNO4S. The van der Waals surface area contributed by atoms with Crippen LogP contribution in [0.5, 0.6) is 0 Å². The van der Waals surface area contributed by atoms with Gasteiger partial charge in [-0.05, 0) is 43.4 Å². The predicted molar refractivity (Wildman–Crippen MR) is 80.4 cm³/mol. The first-order valence-electron chi connectivity index (χ1n) is 6.87. The van der Waals surface area contributed by atoms with Crippen LogP contribution in [0.25, 0.3) is 0 Å². The normalized spacial score (nSPS) is 16.4. The molecule has 0 unspecified atom stereocenters. The number of carbonyl (C=O) groups excluding carboxylic acids is 1. The number of likely N-dealkylation sites (tertiary alicyclic amines) is 1. The van der Waals surface area contributed by atoms with E-state index in [2.05, 4.69) is 0 Å². The van der Waals surface area contributed by atoms with Crippen molar-refractivity contribution in [2.75, 3.05) is 19.7 Å². The van der Waals surface area contributed by atoms with Crippen molar-refractivity contribution in [3.05, 3.63) is 28.8 Å². The van der Waals surface area contributed by atoms with E-state index in [1.54, 1.807) is 11.0 Å². The van der Waals surface area contributed by atoms with Crippen molar-refractivity contribution in [2.24, 2.45) is 5.92 Å². The van der Waals surface area contributed by atoms with E-state index in [4.69, 9.17) is 16.7 Å². The van der Waals surface area contributed by atoms with Crippen LogP contribution in [-0.2, 0) is 10.7 Å². The third-order valence-corrected chi connectivity index (χ3v) is 5.05. The molecule has 5 nitrogen and oxygen atoms in total. The number of carbonyl (C=O) groups is 1. The second-order valence-electron chi connectivity index (χ2n) is 5.17. The maximum absolute atomic E-state index is 12.4. The molecule has 1 heterocycles. The zero-order valence-electron chi connectivity index (χ0n) is 11.5. The maximum atomic E-state index is 12.4. The lowest BCUT2D eigenvalue weighted by molar-refractivity contribution is 0.0678. The first-order valence-corrected chi connectivity index (χ1v) is 8.42. The highest BCUT2D eigenvalue weighted by Gasteiger charge is 2.23. The Hall–Kier alpha value is -1.11. The summed E-state index contributed by atoms with van der Waals surface area (Å²) in [7, 11) is -2.82. The van der Waals surface area contributed by atoms with Crippen LogP contribution >= 0.6 is 11.6 Å². The van der Waals surface area contributed by atoms with Gasteiger partial charge in [0.1, 0.15) is 0 Å². The fraction of sp³-hybridized carbons (Fsp3) is 0.500. The van der Waals surface area contributed by atoms with Crippen molar-refractivity contribution >= 4 is 28.2 Å². The number of piperidine rings is 1. The quantitative estimate of drug-likeness (QED) is 0.821. The number of amides is 1. The summed E-state index contributed by atoms with van der Waals surface area (Å²) in [5.41, 5.74) is 0.342. The Balaban J connectivity index is 2.09. The number of benzene rings is 1. The van der Waals surface area contributed by atoms with Crippen LogP contribution in [0, 0.1) is 5.92 Å². The molecule has 0 aromatic heterocycles. The molecule has 1 fully saturated rings. The van der Waals surface area contributed by atoms with Crippen LogP contribution in [0.15, 0.2) is 23.1 Å². The number of halogens is 1. The molecule has 1 aromatic rings. The summed E-state index contributed by atoms with van der Waals surface area (Å²) in [6.07, 6.45) is 2.49. The zero-order valence-corrected chi connectivity index (χ0v) is 13.1. The largest absolute Gasteiger partial charge is 0.396 e. The van der Waals surface area contributed by atoms with Crippen molar-refractivity contribution < 1.29 is 18.3 Å². The fourth-order valence-electron chi connectivity index (χ4n) is 2.58. The molecule has 0 saturated carbocycles. The molecule has 1 saturated heterocycles. The number of aliphatic hydroxyl groups excluding tert-OH is 1. The van der Waals surface area contributed by atoms with Gasteiger partial charge in [-0.25, -0.2) is 8.42 Å². The van der Waals surface area contributed by atoms with Gasteiger partial charge in [0.2, 0.25) is 0 Å². The van der Waals surface area contributed by atoms with Crippen LogP contribution in [0.4, 0.5) is 0 Å². The molecule has 0 bridgehead atoms. The van der Waals surface area contributed by atoms with Gasteiger partial charge >= 0.3 is 0 Å². The predicted octanol–water partition coefficient (Wildman–Crippen LogP) is 1.54. The molecule has 0 atom stereocenters. The van der Waals surface area contributed by atoms with Gasteiger partial charge in [0.25, 0.3) is 5.91 Å². The van der Waals surface area contributed by atoms with Gasteiger partial charge in [-0.3, -0.25) is 4.79 Å². The second-order valence-corrected chi connectivity index (χ2v) is 6.57. The fourth-order valence-corrected chi connectivity index (χ4v) is 3.39. The Bertz CT molecular complexity index is 587. The van der Waals surface area contributed by atoms with Gasteiger partial charge in [0.05, 0.1) is 9.92 Å². The Morgan fingerprint density at radius 2 is 2.00 bits per heavy atom. The van der Waals surface area contributed by atoms with E-state index in [9.17, 15) is 13.2 Å². The van der Waals surface area contributed by atoms with Gasteiger partial charge in [0.15, 0.2) is 10.7 Å². The molecular weight excluding hydrogens is 314 g/mol. The molecule has 0 spiro atoms. The minimum absolute atomic E-state index is 0.0207. The molecule has 1 amide bonds. The van der Waals surface area contributed by atoms with Crippen LogP contribution in [0.2, 0.25) is 5.02 Å². The Labute approximate surface area is 130 Å². The number of hydrogen-bond acceptors (Lipinski definition) is 4. The highest BCUT2D eigenvalue weighted by atomic mass is 35.5. The molecule has 21 heavy (non-hydrogen) atoms. The number of aliphatic hydroxyl groups is 1.